The molecule has 30 heavy (non-hydrogen) atoms. The molecule has 3 rings (SSSR count). The molecule has 0 spiro atoms. The third-order valence-corrected chi connectivity index (χ3v) is 5.42. The standard InChI is InChI=1S/C22H21NO6S/c1-26-18-10-12-20(27-2)22(15-18)30(24,25)29-19-11-8-16(14-21(19)28-3)7-9-17-6-4-5-13-23-17/h4-15H,1-3H3/b9-7+. The van der Waals surface area contributed by atoms with Crippen molar-refractivity contribution in [2.24, 2.45) is 0 Å². The van der Waals surface area contributed by atoms with Crippen LogP contribution in [0.2, 0.25) is 0 Å². The summed E-state index contributed by atoms with van der Waals surface area (Å²) in [5.41, 5.74) is 1.59. The quantitative estimate of drug-likeness (QED) is 0.502. The molecule has 0 atom stereocenters. The highest BCUT2D eigenvalue weighted by Crippen LogP contribution is 2.34. The van der Waals surface area contributed by atoms with Gasteiger partial charge in [-0.15, -0.1) is 0 Å². The molecule has 0 aliphatic rings. The summed E-state index contributed by atoms with van der Waals surface area (Å²) >= 11 is 0. The number of ether oxygens (including phenoxy) is 3. The van der Waals surface area contributed by atoms with Crippen LogP contribution in [0.4, 0.5) is 0 Å². The maximum absolute atomic E-state index is 12.9. The van der Waals surface area contributed by atoms with Gasteiger partial charge in [-0.1, -0.05) is 18.2 Å². The van der Waals surface area contributed by atoms with Gasteiger partial charge in [-0.25, -0.2) is 0 Å². The van der Waals surface area contributed by atoms with E-state index < -0.39 is 10.1 Å². The van der Waals surface area contributed by atoms with Gasteiger partial charge in [-0.3, -0.25) is 4.98 Å². The van der Waals surface area contributed by atoms with Crippen molar-refractivity contribution in [3.05, 3.63) is 72.1 Å². The fraction of sp³-hybridized carbons (Fsp3) is 0.136. The summed E-state index contributed by atoms with van der Waals surface area (Å²) < 4.78 is 46.7. The molecule has 0 fully saturated rings. The van der Waals surface area contributed by atoms with Crippen LogP contribution in [0.15, 0.2) is 65.7 Å². The Kier molecular flexibility index (Phi) is 6.58. The van der Waals surface area contributed by atoms with E-state index in [4.69, 9.17) is 18.4 Å². The van der Waals surface area contributed by atoms with Crippen LogP contribution in [0.3, 0.4) is 0 Å². The maximum atomic E-state index is 12.9. The number of nitrogens with zero attached hydrogens (tertiary/aromatic N) is 1. The predicted molar refractivity (Wildman–Crippen MR) is 114 cm³/mol. The Labute approximate surface area is 175 Å². The first kappa shape index (κ1) is 21.2. The lowest BCUT2D eigenvalue weighted by atomic mass is 10.1. The van der Waals surface area contributed by atoms with Gasteiger partial charge in [-0.05, 0) is 48.0 Å². The van der Waals surface area contributed by atoms with E-state index in [1.165, 1.54) is 39.5 Å². The fourth-order valence-corrected chi connectivity index (χ4v) is 3.78. The molecule has 1 heterocycles. The lowest BCUT2D eigenvalue weighted by molar-refractivity contribution is 0.380. The van der Waals surface area contributed by atoms with Crippen LogP contribution in [0.5, 0.6) is 23.0 Å². The number of pyridine rings is 1. The van der Waals surface area contributed by atoms with Crippen molar-refractivity contribution in [1.82, 2.24) is 4.98 Å². The molecular weight excluding hydrogens is 406 g/mol. The summed E-state index contributed by atoms with van der Waals surface area (Å²) in [6.07, 6.45) is 5.39. The Bertz CT molecular complexity index is 1140. The molecule has 0 unspecified atom stereocenters. The average molecular weight is 427 g/mol. The largest absolute Gasteiger partial charge is 0.497 e. The Morgan fingerprint density at radius 2 is 1.57 bits per heavy atom. The number of hydrogen-bond acceptors (Lipinski definition) is 7. The molecule has 2 aromatic carbocycles. The van der Waals surface area contributed by atoms with Gasteiger partial charge in [0, 0.05) is 12.3 Å². The third-order valence-electron chi connectivity index (χ3n) is 4.16. The summed E-state index contributed by atoms with van der Waals surface area (Å²) in [7, 11) is 0.0581. The summed E-state index contributed by atoms with van der Waals surface area (Å²) in [6.45, 7) is 0. The zero-order valence-electron chi connectivity index (χ0n) is 16.7. The smallest absolute Gasteiger partial charge is 0.343 e. The summed E-state index contributed by atoms with van der Waals surface area (Å²) in [5.74, 6) is 0.825. The SMILES string of the molecule is COc1ccc(OC)c(S(=O)(=O)Oc2ccc(/C=C/c3ccccn3)cc2OC)c1. The first-order valence-electron chi connectivity index (χ1n) is 8.90. The minimum Gasteiger partial charge on any atom is -0.497 e. The van der Waals surface area contributed by atoms with Crippen LogP contribution < -0.4 is 18.4 Å². The highest BCUT2D eigenvalue weighted by molar-refractivity contribution is 7.87. The molecule has 3 aromatic rings. The van der Waals surface area contributed by atoms with Gasteiger partial charge in [0.1, 0.15) is 11.5 Å². The molecule has 1 aromatic heterocycles. The lowest BCUT2D eigenvalue weighted by Crippen LogP contribution is -2.12. The van der Waals surface area contributed by atoms with Crippen molar-refractivity contribution in [2.45, 2.75) is 4.90 Å². The van der Waals surface area contributed by atoms with Gasteiger partial charge in [0.25, 0.3) is 0 Å². The normalized spacial score (nSPS) is 11.3. The summed E-state index contributed by atoms with van der Waals surface area (Å²) in [6, 6.07) is 15.0. The van der Waals surface area contributed by atoms with E-state index in [1.807, 2.05) is 30.4 Å². The number of rotatable bonds is 8. The van der Waals surface area contributed by atoms with Crippen LogP contribution in [-0.2, 0) is 10.1 Å². The van der Waals surface area contributed by atoms with Crippen molar-refractivity contribution < 1.29 is 26.8 Å². The Balaban J connectivity index is 1.90. The van der Waals surface area contributed by atoms with Crippen molar-refractivity contribution in [2.75, 3.05) is 21.3 Å². The van der Waals surface area contributed by atoms with Crippen molar-refractivity contribution in [3.8, 4) is 23.0 Å². The molecule has 0 saturated heterocycles. The molecule has 0 aliphatic heterocycles. The third kappa shape index (κ3) is 4.90. The minimum absolute atomic E-state index is 0.0531. The van der Waals surface area contributed by atoms with Crippen LogP contribution >= 0.6 is 0 Å². The van der Waals surface area contributed by atoms with Gasteiger partial charge in [0.05, 0.1) is 27.0 Å². The first-order chi connectivity index (χ1) is 14.5. The van der Waals surface area contributed by atoms with Gasteiger partial charge in [-0.2, -0.15) is 8.42 Å². The molecular formula is C22H21NO6S. The molecule has 0 radical (unpaired) electrons. The van der Waals surface area contributed by atoms with E-state index in [1.54, 1.807) is 24.4 Å². The first-order valence-corrected chi connectivity index (χ1v) is 10.3. The van der Waals surface area contributed by atoms with Crippen LogP contribution in [-0.4, -0.2) is 34.7 Å². The Morgan fingerprint density at radius 1 is 0.800 bits per heavy atom. The van der Waals surface area contributed by atoms with E-state index in [0.717, 1.165) is 11.3 Å². The van der Waals surface area contributed by atoms with E-state index in [9.17, 15) is 8.42 Å². The number of methoxy groups -OCH3 is 3. The van der Waals surface area contributed by atoms with Crippen LogP contribution in [0.25, 0.3) is 12.2 Å². The second-order valence-corrected chi connectivity index (χ2v) is 7.57. The molecule has 7 nitrogen and oxygen atoms in total. The number of aromatic nitrogens is 1. The number of benzene rings is 2. The highest BCUT2D eigenvalue weighted by atomic mass is 32.2. The molecule has 0 saturated carbocycles. The molecule has 0 N–H and O–H groups in total. The lowest BCUT2D eigenvalue weighted by Gasteiger charge is -2.14. The van der Waals surface area contributed by atoms with Gasteiger partial charge < -0.3 is 18.4 Å². The van der Waals surface area contributed by atoms with Crippen molar-refractivity contribution in [3.63, 3.8) is 0 Å². The minimum atomic E-state index is -4.20. The Morgan fingerprint density at radius 3 is 2.23 bits per heavy atom. The van der Waals surface area contributed by atoms with E-state index in [0.29, 0.717) is 5.75 Å². The zero-order valence-corrected chi connectivity index (χ0v) is 17.5. The topological polar surface area (TPSA) is 84.0 Å². The fourth-order valence-electron chi connectivity index (χ4n) is 2.66. The van der Waals surface area contributed by atoms with Crippen LogP contribution in [0.1, 0.15) is 11.3 Å². The maximum Gasteiger partial charge on any atom is 0.343 e. The van der Waals surface area contributed by atoms with E-state index in [2.05, 4.69) is 4.98 Å². The van der Waals surface area contributed by atoms with E-state index >= 15 is 0 Å². The van der Waals surface area contributed by atoms with Gasteiger partial charge >= 0.3 is 10.1 Å². The van der Waals surface area contributed by atoms with Gasteiger partial charge in [0.2, 0.25) is 0 Å². The second kappa shape index (κ2) is 9.32. The van der Waals surface area contributed by atoms with Crippen molar-refractivity contribution >= 4 is 22.3 Å². The number of hydrogen-bond donors (Lipinski definition) is 0. The van der Waals surface area contributed by atoms with Gasteiger partial charge in [0.15, 0.2) is 16.4 Å². The summed E-state index contributed by atoms with van der Waals surface area (Å²) in [5, 5.41) is 0. The highest BCUT2D eigenvalue weighted by Gasteiger charge is 2.24. The van der Waals surface area contributed by atoms with Crippen LogP contribution in [0, 0.1) is 0 Å². The molecule has 8 heteroatoms. The average Bonchev–Trinajstić information content (AvgIpc) is 2.78. The Hall–Kier alpha value is -3.52. The second-order valence-electron chi connectivity index (χ2n) is 6.05. The van der Waals surface area contributed by atoms with Crippen molar-refractivity contribution in [1.29, 1.82) is 0 Å². The monoisotopic (exact) mass is 427 g/mol. The summed E-state index contributed by atoms with van der Waals surface area (Å²) in [4.78, 5) is 4.07. The molecule has 156 valence electrons. The molecule has 0 aliphatic carbocycles. The predicted octanol–water partition coefficient (Wildman–Crippen LogP) is 4.05. The molecule has 0 bridgehead atoms. The van der Waals surface area contributed by atoms with E-state index in [-0.39, 0.29) is 22.1 Å². The zero-order chi connectivity index (χ0) is 21.6. The molecule has 0 amide bonds.